The molecule has 0 radical (unpaired) electrons. The number of aromatic nitrogens is 2. The highest BCUT2D eigenvalue weighted by Crippen LogP contribution is 2.42. The van der Waals surface area contributed by atoms with Crippen LogP contribution < -0.4 is 5.32 Å². The van der Waals surface area contributed by atoms with E-state index in [1.807, 2.05) is 4.68 Å². The molecule has 2 N–H and O–H groups in total. The Morgan fingerprint density at radius 1 is 1.40 bits per heavy atom. The van der Waals surface area contributed by atoms with E-state index in [1.54, 1.807) is 0 Å². The zero-order valence-corrected chi connectivity index (χ0v) is 14.1. The zero-order valence-electron chi connectivity index (χ0n) is 14.1. The lowest BCUT2D eigenvalue weighted by atomic mass is 10.1. The van der Waals surface area contributed by atoms with E-state index in [0.29, 0.717) is 23.9 Å². The van der Waals surface area contributed by atoms with Crippen LogP contribution in [0, 0.1) is 11.7 Å². The van der Waals surface area contributed by atoms with Gasteiger partial charge in [0.1, 0.15) is 5.82 Å². The molecule has 3 rings (SSSR count). The number of anilines is 1. The monoisotopic (exact) mass is 345 g/mol. The van der Waals surface area contributed by atoms with Crippen molar-refractivity contribution in [3.8, 4) is 0 Å². The van der Waals surface area contributed by atoms with Crippen molar-refractivity contribution in [1.29, 1.82) is 0 Å². The second-order valence-electron chi connectivity index (χ2n) is 6.75. The number of nitrogens with zero attached hydrogens (tertiary/aromatic N) is 2. The molecule has 7 heteroatoms. The fourth-order valence-corrected chi connectivity index (χ4v) is 2.79. The maximum Gasteiger partial charge on any atom is 0.335 e. The molecule has 25 heavy (non-hydrogen) atoms. The van der Waals surface area contributed by atoms with Gasteiger partial charge in [-0.1, -0.05) is 13.8 Å². The van der Waals surface area contributed by atoms with Crippen LogP contribution in [-0.2, 0) is 6.54 Å². The van der Waals surface area contributed by atoms with E-state index in [9.17, 15) is 14.0 Å². The van der Waals surface area contributed by atoms with Gasteiger partial charge in [-0.15, -0.1) is 0 Å². The van der Waals surface area contributed by atoms with Crippen LogP contribution in [0.25, 0.3) is 0 Å². The summed E-state index contributed by atoms with van der Waals surface area (Å²) in [5.74, 6) is -1.65. The molecule has 1 aromatic heterocycles. The summed E-state index contributed by atoms with van der Waals surface area (Å²) in [5.41, 5.74) is 1.06. The summed E-state index contributed by atoms with van der Waals surface area (Å²) in [6, 6.07) is 3.30. The van der Waals surface area contributed by atoms with Crippen molar-refractivity contribution in [3.05, 3.63) is 47.0 Å². The van der Waals surface area contributed by atoms with Gasteiger partial charge in [0.25, 0.3) is 5.91 Å². The van der Waals surface area contributed by atoms with Gasteiger partial charge in [-0.25, -0.2) is 9.18 Å². The predicted molar refractivity (Wildman–Crippen MR) is 90.4 cm³/mol. The number of rotatable bonds is 6. The first-order valence-electron chi connectivity index (χ1n) is 8.26. The summed E-state index contributed by atoms with van der Waals surface area (Å²) in [6.45, 7) is 4.86. The molecule has 0 bridgehead atoms. The van der Waals surface area contributed by atoms with Gasteiger partial charge in [-0.05, 0) is 37.0 Å². The number of carboxylic acid groups (broad SMARTS) is 1. The van der Waals surface area contributed by atoms with Crippen molar-refractivity contribution in [1.82, 2.24) is 9.78 Å². The van der Waals surface area contributed by atoms with Gasteiger partial charge >= 0.3 is 5.97 Å². The average Bonchev–Trinajstić information content (AvgIpc) is 3.29. The number of aromatic carboxylic acids is 1. The van der Waals surface area contributed by atoms with Crippen LogP contribution in [0.3, 0.4) is 0 Å². The molecule has 0 unspecified atom stereocenters. The quantitative estimate of drug-likeness (QED) is 0.839. The summed E-state index contributed by atoms with van der Waals surface area (Å²) in [4.78, 5) is 23.7. The minimum absolute atomic E-state index is 0.0883. The van der Waals surface area contributed by atoms with Gasteiger partial charge in [-0.2, -0.15) is 5.10 Å². The van der Waals surface area contributed by atoms with E-state index >= 15 is 0 Å². The standard InChI is InChI=1S/C18H20FN3O3/c1-10(2)9-22-16(11-3-4-11)13(8-20-22)17(23)21-15-7-12(18(24)25)5-6-14(15)19/h5-8,10-11H,3-4,9H2,1-2H3,(H,21,23)(H,24,25). The fourth-order valence-electron chi connectivity index (χ4n) is 2.79. The Bertz CT molecular complexity index is 825. The minimum Gasteiger partial charge on any atom is -0.478 e. The van der Waals surface area contributed by atoms with Crippen LogP contribution in [0.5, 0.6) is 0 Å². The Kier molecular flexibility index (Phi) is 4.57. The van der Waals surface area contributed by atoms with E-state index in [1.165, 1.54) is 6.20 Å². The smallest absolute Gasteiger partial charge is 0.335 e. The normalized spacial score (nSPS) is 13.9. The molecule has 1 aliphatic carbocycles. The molecule has 1 fully saturated rings. The number of nitrogens with one attached hydrogen (secondary N) is 1. The minimum atomic E-state index is -1.18. The van der Waals surface area contributed by atoms with Crippen LogP contribution in [0.2, 0.25) is 0 Å². The van der Waals surface area contributed by atoms with Crippen molar-refractivity contribution in [2.24, 2.45) is 5.92 Å². The molecule has 1 aromatic carbocycles. The topological polar surface area (TPSA) is 84.2 Å². The summed E-state index contributed by atoms with van der Waals surface area (Å²) < 4.78 is 15.8. The maximum absolute atomic E-state index is 13.9. The molecule has 0 atom stereocenters. The summed E-state index contributed by atoms with van der Waals surface area (Å²) in [7, 11) is 0. The lowest BCUT2D eigenvalue weighted by Crippen LogP contribution is -2.16. The van der Waals surface area contributed by atoms with E-state index in [-0.39, 0.29) is 11.3 Å². The lowest BCUT2D eigenvalue weighted by Gasteiger charge is -2.11. The second-order valence-corrected chi connectivity index (χ2v) is 6.75. The molecule has 0 saturated heterocycles. The number of benzene rings is 1. The van der Waals surface area contributed by atoms with Crippen LogP contribution in [0.15, 0.2) is 24.4 Å². The third-order valence-corrected chi connectivity index (χ3v) is 4.09. The molecular formula is C18H20FN3O3. The second kappa shape index (κ2) is 6.66. The van der Waals surface area contributed by atoms with Crippen LogP contribution in [0.1, 0.15) is 59.0 Å². The van der Waals surface area contributed by atoms with E-state index in [2.05, 4.69) is 24.3 Å². The molecule has 6 nitrogen and oxygen atoms in total. The van der Waals surface area contributed by atoms with Crippen LogP contribution >= 0.6 is 0 Å². The Hall–Kier alpha value is -2.70. The van der Waals surface area contributed by atoms with Crippen molar-refractivity contribution in [2.45, 2.75) is 39.2 Å². The number of hydrogen-bond acceptors (Lipinski definition) is 3. The summed E-state index contributed by atoms with van der Waals surface area (Å²) in [6.07, 6.45) is 3.52. The number of carbonyl (C=O) groups excluding carboxylic acids is 1. The van der Waals surface area contributed by atoms with Gasteiger partial charge in [0.2, 0.25) is 0 Å². The predicted octanol–water partition coefficient (Wildman–Crippen LogP) is 3.51. The molecule has 0 spiro atoms. The molecule has 1 aliphatic rings. The summed E-state index contributed by atoms with van der Waals surface area (Å²) in [5, 5.41) is 15.8. The van der Waals surface area contributed by atoms with Crippen molar-refractivity contribution >= 4 is 17.6 Å². The Balaban J connectivity index is 1.88. The van der Waals surface area contributed by atoms with E-state index in [0.717, 1.165) is 36.7 Å². The highest BCUT2D eigenvalue weighted by molar-refractivity contribution is 6.05. The van der Waals surface area contributed by atoms with Gasteiger partial charge in [0.15, 0.2) is 0 Å². The Labute approximate surface area is 144 Å². The molecule has 0 aliphatic heterocycles. The van der Waals surface area contributed by atoms with Crippen LogP contribution in [-0.4, -0.2) is 26.8 Å². The average molecular weight is 345 g/mol. The third kappa shape index (κ3) is 3.70. The number of amides is 1. The highest BCUT2D eigenvalue weighted by atomic mass is 19.1. The van der Waals surface area contributed by atoms with Gasteiger partial charge in [-0.3, -0.25) is 9.48 Å². The van der Waals surface area contributed by atoms with E-state index < -0.39 is 17.7 Å². The first-order chi connectivity index (χ1) is 11.9. The SMILES string of the molecule is CC(C)Cn1ncc(C(=O)Nc2cc(C(=O)O)ccc2F)c1C1CC1. The Morgan fingerprint density at radius 2 is 2.12 bits per heavy atom. The molecule has 2 aromatic rings. The molecular weight excluding hydrogens is 325 g/mol. The molecule has 1 amide bonds. The number of hydrogen-bond donors (Lipinski definition) is 2. The zero-order chi connectivity index (χ0) is 18.1. The summed E-state index contributed by atoms with van der Waals surface area (Å²) >= 11 is 0. The first-order valence-corrected chi connectivity index (χ1v) is 8.26. The molecule has 1 saturated carbocycles. The van der Waals surface area contributed by atoms with Crippen molar-refractivity contribution in [2.75, 3.05) is 5.32 Å². The fraction of sp³-hybridized carbons (Fsp3) is 0.389. The van der Waals surface area contributed by atoms with Crippen molar-refractivity contribution < 1.29 is 19.1 Å². The van der Waals surface area contributed by atoms with Gasteiger partial charge in [0.05, 0.1) is 28.7 Å². The maximum atomic E-state index is 13.9. The largest absolute Gasteiger partial charge is 0.478 e. The van der Waals surface area contributed by atoms with Crippen molar-refractivity contribution in [3.63, 3.8) is 0 Å². The third-order valence-electron chi connectivity index (χ3n) is 4.09. The van der Waals surface area contributed by atoms with Gasteiger partial charge in [0, 0.05) is 12.5 Å². The molecule has 132 valence electrons. The number of carbonyl (C=O) groups is 2. The number of carboxylic acids is 1. The molecule has 1 heterocycles. The Morgan fingerprint density at radius 3 is 2.72 bits per heavy atom. The van der Waals surface area contributed by atoms with E-state index in [4.69, 9.17) is 5.11 Å². The lowest BCUT2D eigenvalue weighted by molar-refractivity contribution is 0.0696. The number of halogens is 1. The first kappa shape index (κ1) is 17.1. The highest BCUT2D eigenvalue weighted by Gasteiger charge is 2.32. The van der Waals surface area contributed by atoms with Crippen LogP contribution in [0.4, 0.5) is 10.1 Å². The van der Waals surface area contributed by atoms with Gasteiger partial charge < -0.3 is 10.4 Å².